The quantitative estimate of drug-likeness (QED) is 0.828. The van der Waals surface area contributed by atoms with Crippen molar-refractivity contribution >= 4 is 11.9 Å². The summed E-state index contributed by atoms with van der Waals surface area (Å²) in [6.07, 6.45) is 9.17. The van der Waals surface area contributed by atoms with Gasteiger partial charge in [0.05, 0.1) is 12.2 Å². The number of likely N-dealkylation sites (tertiary alicyclic amines) is 1. The van der Waals surface area contributed by atoms with Crippen LogP contribution >= 0.6 is 0 Å². The largest absolute Gasteiger partial charge is 0.368 e. The maximum atomic E-state index is 12.8. The Bertz CT molecular complexity index is 790. The second kappa shape index (κ2) is 7.59. The molecule has 2 aliphatic rings. The van der Waals surface area contributed by atoms with Crippen molar-refractivity contribution in [3.63, 3.8) is 0 Å². The van der Waals surface area contributed by atoms with E-state index < -0.39 is 0 Å². The number of hydrogen-bond acceptors (Lipinski definition) is 7. The molecule has 9 nitrogen and oxygen atoms in total. The van der Waals surface area contributed by atoms with Crippen molar-refractivity contribution in [2.45, 2.75) is 56.5 Å². The highest BCUT2D eigenvalue weighted by Crippen LogP contribution is 2.29. The summed E-state index contributed by atoms with van der Waals surface area (Å²) in [7, 11) is 0. The number of piperidine rings is 1. The molecule has 1 saturated heterocycles. The SMILES string of the molecule is Nc1nccc(C2CCN(C(=O)c3cn(C4CCC(N)CC4)nn3)CC2)n1. The number of anilines is 1. The minimum Gasteiger partial charge on any atom is -0.368 e. The maximum Gasteiger partial charge on any atom is 0.276 e. The van der Waals surface area contributed by atoms with Crippen molar-refractivity contribution in [1.29, 1.82) is 0 Å². The summed E-state index contributed by atoms with van der Waals surface area (Å²) >= 11 is 0. The monoisotopic (exact) mass is 370 g/mol. The van der Waals surface area contributed by atoms with Crippen LogP contribution in [0, 0.1) is 0 Å². The van der Waals surface area contributed by atoms with Crippen LogP contribution in [-0.2, 0) is 0 Å². The number of aromatic nitrogens is 5. The maximum absolute atomic E-state index is 12.8. The highest BCUT2D eigenvalue weighted by molar-refractivity contribution is 5.92. The summed E-state index contributed by atoms with van der Waals surface area (Å²) in [4.78, 5) is 22.9. The lowest BCUT2D eigenvalue weighted by molar-refractivity contribution is 0.0706. The van der Waals surface area contributed by atoms with Crippen LogP contribution in [-0.4, -0.2) is 54.9 Å². The summed E-state index contributed by atoms with van der Waals surface area (Å²) in [6, 6.07) is 2.49. The van der Waals surface area contributed by atoms with E-state index in [1.165, 1.54) is 0 Å². The molecular weight excluding hydrogens is 344 g/mol. The Morgan fingerprint density at radius 2 is 1.85 bits per heavy atom. The van der Waals surface area contributed by atoms with Crippen LogP contribution in [0.15, 0.2) is 18.5 Å². The summed E-state index contributed by atoms with van der Waals surface area (Å²) in [5.74, 6) is 0.558. The average molecular weight is 370 g/mol. The molecule has 4 N–H and O–H groups in total. The first kappa shape index (κ1) is 17.8. The van der Waals surface area contributed by atoms with Gasteiger partial charge in [0.15, 0.2) is 5.69 Å². The van der Waals surface area contributed by atoms with E-state index in [4.69, 9.17) is 11.5 Å². The smallest absolute Gasteiger partial charge is 0.276 e. The number of nitrogens with zero attached hydrogens (tertiary/aromatic N) is 6. The molecule has 0 aromatic carbocycles. The fourth-order valence-corrected chi connectivity index (χ4v) is 4.08. The second-order valence-electron chi connectivity index (χ2n) is 7.56. The van der Waals surface area contributed by atoms with Gasteiger partial charge in [0.25, 0.3) is 5.91 Å². The van der Waals surface area contributed by atoms with E-state index in [0.717, 1.165) is 44.2 Å². The normalized spacial score (nSPS) is 24.1. The van der Waals surface area contributed by atoms with Gasteiger partial charge in [0.1, 0.15) is 0 Å². The molecule has 2 aromatic rings. The van der Waals surface area contributed by atoms with Gasteiger partial charge in [0.2, 0.25) is 5.95 Å². The van der Waals surface area contributed by atoms with Crippen molar-refractivity contribution in [3.05, 3.63) is 29.8 Å². The van der Waals surface area contributed by atoms with E-state index in [1.807, 2.05) is 15.6 Å². The van der Waals surface area contributed by atoms with Crippen molar-refractivity contribution in [3.8, 4) is 0 Å². The van der Waals surface area contributed by atoms with E-state index in [9.17, 15) is 4.79 Å². The molecule has 4 rings (SSSR count). The molecule has 2 fully saturated rings. The van der Waals surface area contributed by atoms with Gasteiger partial charge >= 0.3 is 0 Å². The lowest BCUT2D eigenvalue weighted by Crippen LogP contribution is -2.38. The zero-order valence-electron chi connectivity index (χ0n) is 15.4. The summed E-state index contributed by atoms with van der Waals surface area (Å²) < 4.78 is 1.84. The Kier molecular flexibility index (Phi) is 5.02. The summed E-state index contributed by atoms with van der Waals surface area (Å²) in [6.45, 7) is 1.36. The molecule has 0 atom stereocenters. The van der Waals surface area contributed by atoms with Crippen LogP contribution in [0.2, 0.25) is 0 Å². The third-order valence-corrected chi connectivity index (χ3v) is 5.74. The molecule has 0 radical (unpaired) electrons. The number of nitrogen functional groups attached to an aromatic ring is 1. The molecular formula is C18H26N8O. The molecule has 27 heavy (non-hydrogen) atoms. The van der Waals surface area contributed by atoms with Crippen LogP contribution < -0.4 is 11.5 Å². The standard InChI is InChI=1S/C18H26N8O/c19-13-1-3-14(4-2-13)26-11-16(23-24-26)17(27)25-9-6-12(7-10-25)15-5-8-21-18(20)22-15/h5,8,11-14H,1-4,6-7,9-10,19H2,(H2,20,21,22). The zero-order valence-corrected chi connectivity index (χ0v) is 15.4. The van der Waals surface area contributed by atoms with Crippen LogP contribution in [0.5, 0.6) is 0 Å². The molecule has 3 heterocycles. The molecule has 9 heteroatoms. The third kappa shape index (κ3) is 3.92. The molecule has 0 unspecified atom stereocenters. The minimum atomic E-state index is -0.0468. The first-order chi connectivity index (χ1) is 13.1. The number of carbonyl (C=O) groups is 1. The van der Waals surface area contributed by atoms with Crippen molar-refractivity contribution in [2.75, 3.05) is 18.8 Å². The van der Waals surface area contributed by atoms with Gasteiger partial charge in [-0.3, -0.25) is 4.79 Å². The molecule has 2 aromatic heterocycles. The lowest BCUT2D eigenvalue weighted by Gasteiger charge is -2.31. The molecule has 1 aliphatic carbocycles. The van der Waals surface area contributed by atoms with Crippen molar-refractivity contribution in [1.82, 2.24) is 29.9 Å². The highest BCUT2D eigenvalue weighted by Gasteiger charge is 2.28. The van der Waals surface area contributed by atoms with E-state index in [2.05, 4.69) is 20.3 Å². The van der Waals surface area contributed by atoms with Gasteiger partial charge in [-0.15, -0.1) is 5.10 Å². The third-order valence-electron chi connectivity index (χ3n) is 5.74. The van der Waals surface area contributed by atoms with Gasteiger partial charge in [0, 0.05) is 36.9 Å². The van der Waals surface area contributed by atoms with E-state index in [-0.39, 0.29) is 11.9 Å². The van der Waals surface area contributed by atoms with Crippen LogP contribution in [0.25, 0.3) is 0 Å². The Balaban J connectivity index is 1.36. The van der Waals surface area contributed by atoms with Crippen molar-refractivity contribution in [2.24, 2.45) is 5.73 Å². The summed E-state index contributed by atoms with van der Waals surface area (Å²) in [5, 5.41) is 8.33. The van der Waals surface area contributed by atoms with E-state index in [1.54, 1.807) is 12.4 Å². The van der Waals surface area contributed by atoms with Crippen molar-refractivity contribution < 1.29 is 4.79 Å². The number of rotatable bonds is 3. The van der Waals surface area contributed by atoms with Gasteiger partial charge in [-0.1, -0.05) is 5.21 Å². The average Bonchev–Trinajstić information content (AvgIpc) is 3.18. The molecule has 0 spiro atoms. The zero-order chi connectivity index (χ0) is 18.8. The van der Waals surface area contributed by atoms with Crippen LogP contribution in [0.4, 0.5) is 5.95 Å². The molecule has 0 bridgehead atoms. The predicted octanol–water partition coefficient (Wildman–Crippen LogP) is 1.11. The highest BCUT2D eigenvalue weighted by atomic mass is 16.2. The molecule has 1 amide bonds. The number of carbonyl (C=O) groups excluding carboxylic acids is 1. The first-order valence-corrected chi connectivity index (χ1v) is 9.65. The van der Waals surface area contributed by atoms with Crippen LogP contribution in [0.3, 0.4) is 0 Å². The second-order valence-corrected chi connectivity index (χ2v) is 7.56. The number of nitrogens with two attached hydrogens (primary N) is 2. The Morgan fingerprint density at radius 3 is 2.56 bits per heavy atom. The fourth-order valence-electron chi connectivity index (χ4n) is 4.08. The fraction of sp³-hybridized carbons (Fsp3) is 0.611. The summed E-state index contributed by atoms with van der Waals surface area (Å²) in [5.41, 5.74) is 13.0. The van der Waals surface area contributed by atoms with Gasteiger partial charge in [-0.25, -0.2) is 14.6 Å². The topological polar surface area (TPSA) is 129 Å². The molecule has 144 valence electrons. The van der Waals surface area contributed by atoms with Gasteiger partial charge in [-0.2, -0.15) is 0 Å². The Hall–Kier alpha value is -2.55. The Morgan fingerprint density at radius 1 is 1.11 bits per heavy atom. The van der Waals surface area contributed by atoms with Crippen LogP contribution in [0.1, 0.15) is 66.7 Å². The predicted molar refractivity (Wildman–Crippen MR) is 99.8 cm³/mol. The minimum absolute atomic E-state index is 0.0468. The first-order valence-electron chi connectivity index (χ1n) is 9.65. The Labute approximate surface area is 158 Å². The lowest BCUT2D eigenvalue weighted by atomic mass is 9.92. The number of amides is 1. The van der Waals surface area contributed by atoms with Gasteiger partial charge < -0.3 is 16.4 Å². The van der Waals surface area contributed by atoms with E-state index in [0.29, 0.717) is 36.7 Å². The van der Waals surface area contributed by atoms with E-state index >= 15 is 0 Å². The molecule has 1 saturated carbocycles. The molecule has 1 aliphatic heterocycles. The van der Waals surface area contributed by atoms with Gasteiger partial charge in [-0.05, 0) is 44.6 Å². The number of hydrogen-bond donors (Lipinski definition) is 2.